The molecule has 2 aliphatic rings. The topological polar surface area (TPSA) is 59.1 Å². The first kappa shape index (κ1) is 19.2. The maximum Gasteiger partial charge on any atom is 0.410 e. The second-order valence-electron chi connectivity index (χ2n) is 7.52. The van der Waals surface area contributed by atoms with Crippen molar-refractivity contribution in [1.29, 1.82) is 0 Å². The molecule has 0 atom stereocenters. The van der Waals surface area contributed by atoms with Gasteiger partial charge < -0.3 is 14.4 Å². The van der Waals surface area contributed by atoms with Gasteiger partial charge in [-0.25, -0.2) is 9.18 Å². The number of carbonyl (C=O) groups is 2. The highest BCUT2D eigenvalue weighted by Gasteiger charge is 2.47. The van der Waals surface area contributed by atoms with E-state index >= 15 is 0 Å². The predicted molar refractivity (Wildman–Crippen MR) is 104 cm³/mol. The second-order valence-corrected chi connectivity index (χ2v) is 7.52. The molecule has 2 aromatic rings. The van der Waals surface area contributed by atoms with E-state index < -0.39 is 11.7 Å². The smallest absolute Gasteiger partial charge is 0.410 e. The zero-order valence-electron chi connectivity index (χ0n) is 16.3. The molecule has 4 rings (SSSR count). The molecule has 7 heteroatoms. The van der Waals surface area contributed by atoms with Crippen LogP contribution in [0.5, 0.6) is 5.75 Å². The molecule has 0 unspecified atom stereocenters. The summed E-state index contributed by atoms with van der Waals surface area (Å²) in [6, 6.07) is 13.5. The summed E-state index contributed by atoms with van der Waals surface area (Å²) in [5, 5.41) is 0. The van der Waals surface area contributed by atoms with Crippen LogP contribution < -0.4 is 4.74 Å². The minimum atomic E-state index is -0.618. The zero-order valence-corrected chi connectivity index (χ0v) is 16.3. The Labute approximate surface area is 168 Å². The van der Waals surface area contributed by atoms with E-state index in [0.29, 0.717) is 49.4 Å². The van der Waals surface area contributed by atoms with E-state index in [1.54, 1.807) is 54.5 Å². The fourth-order valence-electron chi connectivity index (χ4n) is 3.96. The Kier molecular flexibility index (Phi) is 5.13. The number of hydrogen-bond donors (Lipinski definition) is 0. The van der Waals surface area contributed by atoms with E-state index in [0.717, 1.165) is 0 Å². The van der Waals surface area contributed by atoms with Crippen LogP contribution in [0.4, 0.5) is 9.18 Å². The summed E-state index contributed by atoms with van der Waals surface area (Å²) in [4.78, 5) is 28.5. The van der Waals surface area contributed by atoms with E-state index in [2.05, 4.69) is 0 Å². The van der Waals surface area contributed by atoms with Gasteiger partial charge in [-0.1, -0.05) is 24.3 Å². The molecule has 2 saturated heterocycles. The lowest BCUT2D eigenvalue weighted by Crippen LogP contribution is -2.48. The number of hydrogen-bond acceptors (Lipinski definition) is 4. The molecular formula is C22H23FN2O4. The van der Waals surface area contributed by atoms with E-state index in [9.17, 15) is 14.0 Å². The lowest BCUT2D eigenvalue weighted by Gasteiger charge is -2.37. The van der Waals surface area contributed by atoms with Crippen LogP contribution in [0.1, 0.15) is 28.8 Å². The summed E-state index contributed by atoms with van der Waals surface area (Å²) in [6.07, 6.45) is 0.686. The van der Waals surface area contributed by atoms with Crippen LogP contribution >= 0.6 is 0 Å². The number of benzene rings is 2. The fourth-order valence-corrected chi connectivity index (χ4v) is 3.96. The van der Waals surface area contributed by atoms with Crippen LogP contribution in [-0.4, -0.2) is 54.1 Å². The van der Waals surface area contributed by atoms with E-state index in [1.165, 1.54) is 11.0 Å². The van der Waals surface area contributed by atoms with Crippen LogP contribution in [0.3, 0.4) is 0 Å². The first-order valence-corrected chi connectivity index (χ1v) is 9.64. The van der Waals surface area contributed by atoms with E-state index in [-0.39, 0.29) is 18.3 Å². The van der Waals surface area contributed by atoms with Crippen molar-refractivity contribution in [1.82, 2.24) is 9.80 Å². The third kappa shape index (κ3) is 3.90. The Bertz CT molecular complexity index is 925. The highest BCUT2D eigenvalue weighted by Crippen LogP contribution is 2.34. The van der Waals surface area contributed by atoms with Gasteiger partial charge in [0.15, 0.2) is 0 Å². The molecule has 2 amide bonds. The van der Waals surface area contributed by atoms with Gasteiger partial charge in [-0.2, -0.15) is 0 Å². The van der Waals surface area contributed by atoms with Gasteiger partial charge in [0.05, 0.1) is 20.2 Å². The molecule has 0 N–H and O–H groups in total. The van der Waals surface area contributed by atoms with Gasteiger partial charge in [-0.3, -0.25) is 9.69 Å². The molecule has 2 heterocycles. The number of likely N-dealkylation sites (tertiary alicyclic amines) is 1. The quantitative estimate of drug-likeness (QED) is 0.792. The molecular weight excluding hydrogens is 375 g/mol. The Hall–Kier alpha value is -3.09. The van der Waals surface area contributed by atoms with Gasteiger partial charge in [0, 0.05) is 37.1 Å². The van der Waals surface area contributed by atoms with Crippen LogP contribution in [0.2, 0.25) is 0 Å². The molecule has 0 radical (unpaired) electrons. The van der Waals surface area contributed by atoms with Crippen molar-refractivity contribution in [2.24, 2.45) is 0 Å². The van der Waals surface area contributed by atoms with Crippen LogP contribution in [0.15, 0.2) is 48.5 Å². The third-order valence-corrected chi connectivity index (χ3v) is 5.64. The predicted octanol–water partition coefficient (Wildman–Crippen LogP) is 3.46. The standard InChI is InChI=1S/C22H23FN2O4/c1-28-18-7-4-6-16(13-18)20(26)24-11-9-22(10-12-24)15-25(21(27)29-22)14-17-5-2-3-8-19(17)23/h2-8,13H,9-12,14-15H2,1H3. The lowest BCUT2D eigenvalue weighted by molar-refractivity contribution is 0.00311. The Morgan fingerprint density at radius 2 is 1.93 bits per heavy atom. The maximum atomic E-state index is 13.9. The van der Waals surface area contributed by atoms with Crippen LogP contribution in [0.25, 0.3) is 0 Å². The molecule has 6 nitrogen and oxygen atoms in total. The first-order valence-electron chi connectivity index (χ1n) is 9.64. The molecule has 152 valence electrons. The zero-order chi connectivity index (χ0) is 20.4. The SMILES string of the molecule is COc1cccc(C(=O)N2CCC3(CC2)CN(Cc2ccccc2F)C(=O)O3)c1. The largest absolute Gasteiger partial charge is 0.497 e. The van der Waals surface area contributed by atoms with Gasteiger partial charge in [-0.05, 0) is 24.3 Å². The molecule has 2 aromatic carbocycles. The number of piperidine rings is 1. The van der Waals surface area contributed by atoms with Crippen molar-refractivity contribution in [2.45, 2.75) is 25.0 Å². The third-order valence-electron chi connectivity index (χ3n) is 5.64. The molecule has 29 heavy (non-hydrogen) atoms. The summed E-state index contributed by atoms with van der Waals surface area (Å²) in [7, 11) is 1.57. The molecule has 0 aliphatic carbocycles. The monoisotopic (exact) mass is 398 g/mol. The highest BCUT2D eigenvalue weighted by atomic mass is 19.1. The van der Waals surface area contributed by atoms with Gasteiger partial charge in [-0.15, -0.1) is 0 Å². The van der Waals surface area contributed by atoms with Crippen LogP contribution in [0, 0.1) is 5.82 Å². The number of nitrogens with zero attached hydrogens (tertiary/aromatic N) is 2. The maximum absolute atomic E-state index is 13.9. The Morgan fingerprint density at radius 3 is 2.66 bits per heavy atom. The number of carbonyl (C=O) groups excluding carboxylic acids is 2. The number of amides is 2. The van der Waals surface area contributed by atoms with Crippen molar-refractivity contribution >= 4 is 12.0 Å². The van der Waals surface area contributed by atoms with Crippen molar-refractivity contribution in [3.05, 3.63) is 65.5 Å². The molecule has 1 spiro atoms. The van der Waals surface area contributed by atoms with Gasteiger partial charge >= 0.3 is 6.09 Å². The first-order chi connectivity index (χ1) is 14.0. The molecule has 0 aromatic heterocycles. The van der Waals surface area contributed by atoms with Gasteiger partial charge in [0.25, 0.3) is 5.91 Å². The minimum Gasteiger partial charge on any atom is -0.497 e. The van der Waals surface area contributed by atoms with Crippen molar-refractivity contribution in [2.75, 3.05) is 26.7 Å². The fraction of sp³-hybridized carbons (Fsp3) is 0.364. The van der Waals surface area contributed by atoms with E-state index in [1.807, 2.05) is 0 Å². The average molecular weight is 398 g/mol. The van der Waals surface area contributed by atoms with Crippen LogP contribution in [-0.2, 0) is 11.3 Å². The summed E-state index contributed by atoms with van der Waals surface area (Å²) in [5.41, 5.74) is 0.421. The number of rotatable bonds is 4. The van der Waals surface area contributed by atoms with Crippen molar-refractivity contribution in [3.63, 3.8) is 0 Å². The lowest BCUT2D eigenvalue weighted by atomic mass is 9.91. The summed E-state index contributed by atoms with van der Waals surface area (Å²) >= 11 is 0. The molecule has 0 saturated carbocycles. The average Bonchev–Trinajstić information content (AvgIpc) is 3.04. The number of ether oxygens (including phenoxy) is 2. The summed E-state index contributed by atoms with van der Waals surface area (Å²) < 4.78 is 24.8. The summed E-state index contributed by atoms with van der Waals surface area (Å²) in [6.45, 7) is 1.58. The Balaban J connectivity index is 1.39. The molecule has 2 fully saturated rings. The number of methoxy groups -OCH3 is 1. The minimum absolute atomic E-state index is 0.0636. The normalized spacial score (nSPS) is 18.1. The van der Waals surface area contributed by atoms with Crippen molar-refractivity contribution in [3.8, 4) is 5.75 Å². The molecule has 2 aliphatic heterocycles. The van der Waals surface area contributed by atoms with Gasteiger partial charge in [0.2, 0.25) is 0 Å². The highest BCUT2D eigenvalue weighted by molar-refractivity contribution is 5.94. The second kappa shape index (κ2) is 7.73. The Morgan fingerprint density at radius 1 is 1.17 bits per heavy atom. The number of halogens is 1. The van der Waals surface area contributed by atoms with Crippen molar-refractivity contribution < 1.29 is 23.5 Å². The summed E-state index contributed by atoms with van der Waals surface area (Å²) in [5.74, 6) is 0.240. The molecule has 0 bridgehead atoms. The van der Waals surface area contributed by atoms with E-state index in [4.69, 9.17) is 9.47 Å². The van der Waals surface area contributed by atoms with Gasteiger partial charge in [0.1, 0.15) is 17.2 Å².